The van der Waals surface area contributed by atoms with Gasteiger partial charge in [0.2, 0.25) is 5.72 Å². The first-order valence-electron chi connectivity index (χ1n) is 8.13. The monoisotopic (exact) mass is 351 g/mol. The maximum Gasteiger partial charge on any atom is 0.324 e. The Morgan fingerprint density at radius 1 is 0.808 bits per heavy atom. The van der Waals surface area contributed by atoms with Crippen molar-refractivity contribution in [2.45, 2.75) is 11.6 Å². The van der Waals surface area contributed by atoms with Crippen LogP contribution in [0, 0.1) is 0 Å². The quantitative estimate of drug-likeness (QED) is 0.765. The normalized spacial score (nSPS) is 19.5. The molecule has 1 unspecified atom stereocenters. The van der Waals surface area contributed by atoms with E-state index in [0.717, 1.165) is 4.90 Å². The maximum atomic E-state index is 15.6. The Kier molecular flexibility index (Phi) is 3.63. The molecule has 0 fully saturated rings. The van der Waals surface area contributed by atoms with Crippen LogP contribution in [0.1, 0.15) is 21.5 Å². The summed E-state index contributed by atoms with van der Waals surface area (Å²) in [6.07, 6.45) is 0. The smallest absolute Gasteiger partial charge is 0.324 e. The molecule has 0 aromatic heterocycles. The Balaban J connectivity index is 2.00. The first-order valence-corrected chi connectivity index (χ1v) is 8.13. The van der Waals surface area contributed by atoms with Crippen LogP contribution in [0.2, 0.25) is 0 Å². The molecular weight excluding hydrogens is 336 g/mol. The van der Waals surface area contributed by atoms with E-state index < -0.39 is 17.6 Å². The van der Waals surface area contributed by atoms with Gasteiger partial charge in [0.1, 0.15) is 0 Å². The third-order valence-electron chi connectivity index (χ3n) is 4.65. The van der Waals surface area contributed by atoms with Crippen molar-refractivity contribution in [2.75, 3.05) is 4.90 Å². The summed E-state index contributed by atoms with van der Waals surface area (Å²) in [6.45, 7) is 0. The fraction of sp³-hybridized carbons (Fsp3) is 0.0952. The van der Waals surface area contributed by atoms with Gasteiger partial charge in [-0.2, -0.15) is 8.78 Å². The van der Waals surface area contributed by atoms with Gasteiger partial charge in [-0.15, -0.1) is 0 Å². The molecule has 1 heterocycles. The molecule has 3 aromatic rings. The first-order chi connectivity index (χ1) is 12.5. The fourth-order valence-electron chi connectivity index (χ4n) is 3.40. The van der Waals surface area contributed by atoms with Crippen molar-refractivity contribution < 1.29 is 18.7 Å². The number of carbonyl (C=O) groups excluding carboxylic acids is 1. The Labute approximate surface area is 149 Å². The van der Waals surface area contributed by atoms with Crippen LogP contribution in [0.5, 0.6) is 0 Å². The summed E-state index contributed by atoms with van der Waals surface area (Å²) < 4.78 is 31.2. The van der Waals surface area contributed by atoms with Crippen LogP contribution < -0.4 is 4.90 Å². The first kappa shape index (κ1) is 16.4. The molecule has 3 aromatic carbocycles. The predicted octanol–water partition coefficient (Wildman–Crippen LogP) is 4.28. The SMILES string of the molecule is O=C1c2ccccc2C(O)(C(F)(F)c2ccccc2)N1c1ccccc1. The molecule has 1 aliphatic heterocycles. The van der Waals surface area contributed by atoms with Crippen molar-refractivity contribution in [3.8, 4) is 0 Å². The van der Waals surface area contributed by atoms with Gasteiger partial charge in [-0.1, -0.05) is 66.7 Å². The van der Waals surface area contributed by atoms with Crippen LogP contribution in [0.25, 0.3) is 0 Å². The summed E-state index contributed by atoms with van der Waals surface area (Å²) in [6, 6.07) is 21.0. The zero-order valence-corrected chi connectivity index (χ0v) is 13.6. The number of anilines is 1. The standard InChI is InChI=1S/C21H15F2NO2/c22-20(23,15-9-3-1-4-10-15)21(26)18-14-8-7-13-17(18)19(25)24(21)16-11-5-2-6-12-16/h1-14,26H. The van der Waals surface area contributed by atoms with Gasteiger partial charge in [-0.25, -0.2) is 0 Å². The van der Waals surface area contributed by atoms with E-state index in [2.05, 4.69) is 0 Å². The topological polar surface area (TPSA) is 40.5 Å². The molecule has 5 heteroatoms. The highest BCUT2D eigenvalue weighted by molar-refractivity contribution is 6.12. The Bertz CT molecular complexity index is 960. The van der Waals surface area contributed by atoms with E-state index in [0.29, 0.717) is 0 Å². The Morgan fingerprint density at radius 3 is 2.00 bits per heavy atom. The Hall–Kier alpha value is -3.05. The van der Waals surface area contributed by atoms with Crippen molar-refractivity contribution in [1.82, 2.24) is 0 Å². The summed E-state index contributed by atoms with van der Waals surface area (Å²) in [5.74, 6) is -4.39. The minimum Gasteiger partial charge on any atom is -0.361 e. The van der Waals surface area contributed by atoms with Crippen LogP contribution in [-0.4, -0.2) is 11.0 Å². The fourth-order valence-corrected chi connectivity index (χ4v) is 3.40. The molecule has 0 aliphatic carbocycles. The number of rotatable bonds is 3. The summed E-state index contributed by atoms with van der Waals surface area (Å²) in [5.41, 5.74) is -3.04. The van der Waals surface area contributed by atoms with Gasteiger partial charge in [0.15, 0.2) is 0 Å². The average molecular weight is 351 g/mol. The second kappa shape index (κ2) is 5.75. The highest BCUT2D eigenvalue weighted by Crippen LogP contribution is 2.53. The van der Waals surface area contributed by atoms with Crippen molar-refractivity contribution in [1.29, 1.82) is 0 Å². The minimum atomic E-state index is -3.73. The number of nitrogens with zero attached hydrogens (tertiary/aromatic N) is 1. The van der Waals surface area contributed by atoms with Gasteiger partial charge in [0, 0.05) is 22.4 Å². The number of aliphatic hydroxyl groups is 1. The number of alkyl halides is 2. The van der Waals surface area contributed by atoms with E-state index in [1.807, 2.05) is 0 Å². The zero-order valence-electron chi connectivity index (χ0n) is 13.6. The molecule has 0 saturated carbocycles. The van der Waals surface area contributed by atoms with Crippen LogP contribution in [0.15, 0.2) is 84.9 Å². The molecule has 4 rings (SSSR count). The summed E-state index contributed by atoms with van der Waals surface area (Å²) in [4.78, 5) is 13.7. The number of hydrogen-bond donors (Lipinski definition) is 1. The van der Waals surface area contributed by atoms with Crippen molar-refractivity contribution in [3.05, 3.63) is 102 Å². The molecule has 3 nitrogen and oxygen atoms in total. The van der Waals surface area contributed by atoms with Crippen molar-refractivity contribution >= 4 is 11.6 Å². The number of carbonyl (C=O) groups is 1. The molecule has 1 atom stereocenters. The zero-order chi connectivity index (χ0) is 18.4. The average Bonchev–Trinajstić information content (AvgIpc) is 2.92. The molecule has 1 amide bonds. The summed E-state index contributed by atoms with van der Waals surface area (Å²) >= 11 is 0. The van der Waals surface area contributed by atoms with Gasteiger partial charge in [-0.05, 0) is 18.2 Å². The Morgan fingerprint density at radius 2 is 1.35 bits per heavy atom. The lowest BCUT2D eigenvalue weighted by molar-refractivity contribution is -0.188. The van der Waals surface area contributed by atoms with Crippen LogP contribution in [0.4, 0.5) is 14.5 Å². The maximum absolute atomic E-state index is 15.6. The van der Waals surface area contributed by atoms with Crippen molar-refractivity contribution in [2.24, 2.45) is 0 Å². The number of hydrogen-bond acceptors (Lipinski definition) is 2. The van der Waals surface area contributed by atoms with E-state index in [1.54, 1.807) is 30.3 Å². The molecule has 0 saturated heterocycles. The van der Waals surface area contributed by atoms with Gasteiger partial charge in [-0.3, -0.25) is 9.69 Å². The van der Waals surface area contributed by atoms with Crippen molar-refractivity contribution in [3.63, 3.8) is 0 Å². The van der Waals surface area contributed by atoms with E-state index in [9.17, 15) is 9.90 Å². The molecular formula is C21H15F2NO2. The van der Waals surface area contributed by atoms with E-state index in [1.165, 1.54) is 54.6 Å². The second-order valence-electron chi connectivity index (χ2n) is 6.13. The molecule has 1 N–H and O–H groups in total. The lowest BCUT2D eigenvalue weighted by atomic mass is 9.90. The second-order valence-corrected chi connectivity index (χ2v) is 6.13. The molecule has 0 spiro atoms. The third kappa shape index (κ3) is 2.10. The number of para-hydroxylation sites is 1. The summed E-state index contributed by atoms with van der Waals surface area (Å²) in [5, 5.41) is 11.4. The van der Waals surface area contributed by atoms with Gasteiger partial charge in [0.25, 0.3) is 5.91 Å². The molecule has 130 valence electrons. The molecule has 0 radical (unpaired) electrons. The highest BCUT2D eigenvalue weighted by atomic mass is 19.3. The highest BCUT2D eigenvalue weighted by Gasteiger charge is 2.65. The number of benzene rings is 3. The lowest BCUT2D eigenvalue weighted by Gasteiger charge is -2.40. The number of halogens is 2. The number of amides is 1. The van der Waals surface area contributed by atoms with Crippen LogP contribution in [0.3, 0.4) is 0 Å². The lowest BCUT2D eigenvalue weighted by Crippen LogP contribution is -2.55. The van der Waals surface area contributed by atoms with Gasteiger partial charge >= 0.3 is 5.92 Å². The van der Waals surface area contributed by atoms with E-state index in [-0.39, 0.29) is 22.4 Å². The number of fused-ring (bicyclic) bond motifs is 1. The third-order valence-corrected chi connectivity index (χ3v) is 4.65. The van der Waals surface area contributed by atoms with E-state index >= 15 is 8.78 Å². The largest absolute Gasteiger partial charge is 0.361 e. The van der Waals surface area contributed by atoms with E-state index in [4.69, 9.17) is 0 Å². The molecule has 1 aliphatic rings. The van der Waals surface area contributed by atoms with Gasteiger partial charge < -0.3 is 5.11 Å². The molecule has 0 bridgehead atoms. The van der Waals surface area contributed by atoms with Crippen LogP contribution >= 0.6 is 0 Å². The minimum absolute atomic E-state index is 0.0643. The van der Waals surface area contributed by atoms with Crippen LogP contribution in [-0.2, 0) is 11.6 Å². The molecule has 26 heavy (non-hydrogen) atoms. The van der Waals surface area contributed by atoms with Gasteiger partial charge in [0.05, 0.1) is 0 Å². The predicted molar refractivity (Wildman–Crippen MR) is 93.9 cm³/mol. The summed E-state index contributed by atoms with van der Waals surface area (Å²) in [7, 11) is 0.